The van der Waals surface area contributed by atoms with E-state index < -0.39 is 11.9 Å². The Hall–Kier alpha value is -1.84. The zero-order valence-electron chi connectivity index (χ0n) is 11.5. The molecule has 0 aromatic rings. The van der Waals surface area contributed by atoms with Crippen LogP contribution in [-0.2, 0) is 19.1 Å². The summed E-state index contributed by atoms with van der Waals surface area (Å²) in [5, 5.41) is 0. The Bertz CT molecular complexity index is 416. The van der Waals surface area contributed by atoms with Crippen molar-refractivity contribution in [3.05, 3.63) is 35.5 Å². The molecule has 0 aromatic carbocycles. The highest BCUT2D eigenvalue weighted by Crippen LogP contribution is 2.18. The van der Waals surface area contributed by atoms with Gasteiger partial charge in [0.15, 0.2) is 0 Å². The number of ether oxygens (including phenoxy) is 2. The van der Waals surface area contributed by atoms with Crippen molar-refractivity contribution in [2.45, 2.75) is 33.1 Å². The van der Waals surface area contributed by atoms with E-state index in [1.807, 2.05) is 19.9 Å². The maximum absolute atomic E-state index is 11.9. The average Bonchev–Trinajstić information content (AvgIpc) is 2.67. The lowest BCUT2D eigenvalue weighted by Gasteiger charge is -2.10. The number of carbonyl (C=O) groups excluding carboxylic acids is 2. The molecule has 0 bridgehead atoms. The molecule has 0 saturated carbocycles. The molecule has 19 heavy (non-hydrogen) atoms. The van der Waals surface area contributed by atoms with E-state index in [4.69, 9.17) is 9.47 Å². The Labute approximate surface area is 113 Å². The third-order valence-corrected chi connectivity index (χ3v) is 2.46. The highest BCUT2D eigenvalue weighted by Gasteiger charge is 2.23. The summed E-state index contributed by atoms with van der Waals surface area (Å²) in [6, 6.07) is 0. The topological polar surface area (TPSA) is 52.6 Å². The normalized spacial score (nSPS) is 14.2. The van der Waals surface area contributed by atoms with Gasteiger partial charge >= 0.3 is 11.9 Å². The van der Waals surface area contributed by atoms with Crippen LogP contribution in [0, 0.1) is 0 Å². The minimum absolute atomic E-state index is 0.267. The van der Waals surface area contributed by atoms with Gasteiger partial charge in [0, 0.05) is 0 Å². The van der Waals surface area contributed by atoms with Gasteiger partial charge in [-0.05, 0) is 25.3 Å². The summed E-state index contributed by atoms with van der Waals surface area (Å²) in [5.74, 6) is -0.946. The lowest BCUT2D eigenvalue weighted by atomic mass is 10.1. The van der Waals surface area contributed by atoms with Crippen LogP contribution in [0.25, 0.3) is 0 Å². The number of hydrogen-bond donors (Lipinski definition) is 0. The van der Waals surface area contributed by atoms with Crippen LogP contribution in [0.5, 0.6) is 0 Å². The summed E-state index contributed by atoms with van der Waals surface area (Å²) < 4.78 is 10.2. The van der Waals surface area contributed by atoms with Gasteiger partial charge < -0.3 is 9.47 Å². The van der Waals surface area contributed by atoms with E-state index in [2.05, 4.69) is 0 Å². The number of rotatable bonds is 6. The Morgan fingerprint density at radius 2 is 1.63 bits per heavy atom. The van der Waals surface area contributed by atoms with Crippen LogP contribution in [0.2, 0.25) is 0 Å². The van der Waals surface area contributed by atoms with Crippen molar-refractivity contribution in [1.29, 1.82) is 0 Å². The van der Waals surface area contributed by atoms with Gasteiger partial charge in [-0.2, -0.15) is 0 Å². The molecule has 0 N–H and O–H groups in total. The molecule has 0 amide bonds. The van der Waals surface area contributed by atoms with E-state index in [1.54, 1.807) is 18.2 Å². The van der Waals surface area contributed by atoms with E-state index in [0.29, 0.717) is 25.2 Å². The van der Waals surface area contributed by atoms with E-state index in [-0.39, 0.29) is 5.57 Å². The first-order valence-corrected chi connectivity index (χ1v) is 6.62. The molecule has 0 unspecified atom stereocenters. The summed E-state index contributed by atoms with van der Waals surface area (Å²) >= 11 is 0. The molecule has 0 spiro atoms. The molecule has 1 rings (SSSR count). The standard InChI is InChI=1S/C15H20O4/c1-3-10-18-14(16)12-8-6-5-7-9-13(12)15(17)19-11-4-2/h5-6,8-9H,3-4,7,10-11H2,1-2H3. The quantitative estimate of drug-likeness (QED) is 0.692. The predicted octanol–water partition coefficient (Wildman–Crippen LogP) is 2.71. The smallest absolute Gasteiger partial charge is 0.338 e. The number of esters is 2. The first-order valence-electron chi connectivity index (χ1n) is 6.62. The number of carbonyl (C=O) groups is 2. The Morgan fingerprint density at radius 3 is 2.21 bits per heavy atom. The van der Waals surface area contributed by atoms with Crippen molar-refractivity contribution >= 4 is 11.9 Å². The summed E-state index contributed by atoms with van der Waals surface area (Å²) in [7, 11) is 0. The predicted molar refractivity (Wildman–Crippen MR) is 72.4 cm³/mol. The molecular formula is C15H20O4. The van der Waals surface area contributed by atoms with E-state index in [1.165, 1.54) is 0 Å². The second kappa shape index (κ2) is 8.29. The fourth-order valence-electron chi connectivity index (χ4n) is 1.54. The highest BCUT2D eigenvalue weighted by molar-refractivity contribution is 6.07. The third kappa shape index (κ3) is 4.73. The van der Waals surface area contributed by atoms with Crippen LogP contribution in [0.3, 0.4) is 0 Å². The van der Waals surface area contributed by atoms with Gasteiger partial charge in [0.05, 0.1) is 24.4 Å². The van der Waals surface area contributed by atoms with Gasteiger partial charge in [-0.25, -0.2) is 9.59 Å². The lowest BCUT2D eigenvalue weighted by molar-refractivity contribution is -0.142. The van der Waals surface area contributed by atoms with E-state index in [9.17, 15) is 9.59 Å². The van der Waals surface area contributed by atoms with Gasteiger partial charge in [0.2, 0.25) is 0 Å². The zero-order valence-corrected chi connectivity index (χ0v) is 11.5. The van der Waals surface area contributed by atoms with Crippen LogP contribution in [0.15, 0.2) is 35.5 Å². The molecule has 0 saturated heterocycles. The molecule has 0 heterocycles. The molecule has 0 aliphatic heterocycles. The average molecular weight is 264 g/mol. The second-order valence-corrected chi connectivity index (χ2v) is 4.13. The van der Waals surface area contributed by atoms with Gasteiger partial charge in [-0.1, -0.05) is 32.1 Å². The second-order valence-electron chi connectivity index (χ2n) is 4.13. The lowest BCUT2D eigenvalue weighted by Crippen LogP contribution is -2.17. The Balaban J connectivity index is 2.83. The monoisotopic (exact) mass is 264 g/mol. The molecule has 0 atom stereocenters. The first-order chi connectivity index (χ1) is 9.20. The zero-order chi connectivity index (χ0) is 14.1. The summed E-state index contributed by atoms with van der Waals surface area (Å²) in [5.41, 5.74) is 0.558. The van der Waals surface area contributed by atoms with Crippen molar-refractivity contribution in [2.75, 3.05) is 13.2 Å². The minimum Gasteiger partial charge on any atom is -0.462 e. The van der Waals surface area contributed by atoms with E-state index in [0.717, 1.165) is 12.8 Å². The first kappa shape index (κ1) is 15.2. The maximum atomic E-state index is 11.9. The Kier molecular flexibility index (Phi) is 6.64. The molecule has 1 aliphatic rings. The maximum Gasteiger partial charge on any atom is 0.338 e. The van der Waals surface area contributed by atoms with Crippen molar-refractivity contribution < 1.29 is 19.1 Å². The minimum atomic E-state index is -0.479. The van der Waals surface area contributed by atoms with Gasteiger partial charge in [-0.3, -0.25) is 0 Å². The Morgan fingerprint density at radius 1 is 1.05 bits per heavy atom. The van der Waals surface area contributed by atoms with Gasteiger partial charge in [0.25, 0.3) is 0 Å². The summed E-state index contributed by atoms with van der Waals surface area (Å²) in [4.78, 5) is 23.9. The third-order valence-electron chi connectivity index (χ3n) is 2.46. The van der Waals surface area contributed by atoms with Crippen molar-refractivity contribution in [3.8, 4) is 0 Å². The van der Waals surface area contributed by atoms with Gasteiger partial charge in [0.1, 0.15) is 0 Å². The molecule has 104 valence electrons. The fourth-order valence-corrected chi connectivity index (χ4v) is 1.54. The van der Waals surface area contributed by atoms with Gasteiger partial charge in [-0.15, -0.1) is 0 Å². The summed E-state index contributed by atoms with van der Waals surface area (Å²) in [6.07, 6.45) is 9.00. The molecule has 0 aromatic heterocycles. The van der Waals surface area contributed by atoms with Crippen LogP contribution in [0.1, 0.15) is 33.1 Å². The molecule has 1 aliphatic carbocycles. The number of hydrogen-bond acceptors (Lipinski definition) is 4. The van der Waals surface area contributed by atoms with Crippen LogP contribution < -0.4 is 0 Å². The molecule has 0 fully saturated rings. The summed E-state index contributed by atoms with van der Waals surface area (Å²) in [6.45, 7) is 4.53. The molecule has 4 nitrogen and oxygen atoms in total. The van der Waals surface area contributed by atoms with Crippen molar-refractivity contribution in [1.82, 2.24) is 0 Å². The highest BCUT2D eigenvalue weighted by atomic mass is 16.5. The largest absolute Gasteiger partial charge is 0.462 e. The molecule has 4 heteroatoms. The van der Waals surface area contributed by atoms with Crippen molar-refractivity contribution in [2.24, 2.45) is 0 Å². The van der Waals surface area contributed by atoms with Crippen LogP contribution in [-0.4, -0.2) is 25.2 Å². The molecular weight excluding hydrogens is 244 g/mol. The number of allylic oxidation sites excluding steroid dienone is 4. The van der Waals surface area contributed by atoms with Crippen molar-refractivity contribution in [3.63, 3.8) is 0 Å². The van der Waals surface area contributed by atoms with Crippen LogP contribution in [0.4, 0.5) is 0 Å². The van der Waals surface area contributed by atoms with E-state index >= 15 is 0 Å². The molecule has 0 radical (unpaired) electrons. The SMILES string of the molecule is CCCOC(=O)C1=CC=CCC=C1C(=O)OCCC. The van der Waals surface area contributed by atoms with Crippen LogP contribution >= 0.6 is 0 Å². The fraction of sp³-hybridized carbons (Fsp3) is 0.467.